The van der Waals surface area contributed by atoms with E-state index in [1.54, 1.807) is 0 Å². The molecule has 0 atom stereocenters. The molecule has 5 heteroatoms. The molecule has 0 rings (SSSR count). The van der Waals surface area contributed by atoms with Crippen LogP contribution in [-0.4, -0.2) is 24.0 Å². The van der Waals surface area contributed by atoms with E-state index >= 15 is 0 Å². The standard InChI is InChI=1S/C2H8N2.2H2O.Pt/c3-1-2-4;;;/h1-4H2;2*1H2;. The minimum absolute atomic E-state index is 0. The molecule has 0 radical (unpaired) electrons. The van der Waals surface area contributed by atoms with Crippen LogP contribution in [0.1, 0.15) is 0 Å². The van der Waals surface area contributed by atoms with Gasteiger partial charge in [-0.1, -0.05) is 0 Å². The molecule has 0 aliphatic rings. The van der Waals surface area contributed by atoms with E-state index in [9.17, 15) is 0 Å². The maximum absolute atomic E-state index is 4.90. The molecule has 0 fully saturated rings. The fraction of sp³-hybridized carbons (Fsp3) is 1.00. The van der Waals surface area contributed by atoms with Gasteiger partial charge in [-0.15, -0.1) is 0 Å². The molecule has 0 aromatic rings. The summed E-state index contributed by atoms with van der Waals surface area (Å²) in [5.74, 6) is 0. The fourth-order valence-corrected chi connectivity index (χ4v) is 0. The van der Waals surface area contributed by atoms with Gasteiger partial charge >= 0.3 is 0 Å². The maximum Gasteiger partial charge on any atom is 0.00461 e. The van der Waals surface area contributed by atoms with E-state index in [2.05, 4.69) is 0 Å². The van der Waals surface area contributed by atoms with Crippen molar-refractivity contribution in [2.45, 2.75) is 0 Å². The SMILES string of the molecule is NCCN.O.O.[Pt]. The first kappa shape index (κ1) is 25.8. The summed E-state index contributed by atoms with van der Waals surface area (Å²) in [7, 11) is 0. The van der Waals surface area contributed by atoms with Crippen molar-refractivity contribution >= 4 is 0 Å². The Morgan fingerprint density at radius 2 is 1.00 bits per heavy atom. The van der Waals surface area contributed by atoms with E-state index in [1.807, 2.05) is 0 Å². The summed E-state index contributed by atoms with van der Waals surface area (Å²) in [6, 6.07) is 0. The summed E-state index contributed by atoms with van der Waals surface area (Å²) in [6.45, 7) is 1.19. The number of rotatable bonds is 1. The largest absolute Gasteiger partial charge is 0.412 e. The minimum Gasteiger partial charge on any atom is -0.412 e. The van der Waals surface area contributed by atoms with E-state index in [4.69, 9.17) is 11.5 Å². The zero-order valence-corrected chi connectivity index (χ0v) is 6.16. The van der Waals surface area contributed by atoms with Crippen molar-refractivity contribution in [1.82, 2.24) is 0 Å². The van der Waals surface area contributed by atoms with Crippen LogP contribution in [0.5, 0.6) is 0 Å². The third kappa shape index (κ3) is 57.3. The van der Waals surface area contributed by atoms with Gasteiger partial charge in [-0.25, -0.2) is 0 Å². The second-order valence-electron chi connectivity index (χ2n) is 0.577. The molecule has 7 heavy (non-hydrogen) atoms. The molecule has 52 valence electrons. The zero-order valence-electron chi connectivity index (χ0n) is 3.89. The Morgan fingerprint density at radius 3 is 1.00 bits per heavy atom. The molecule has 0 unspecified atom stereocenters. The van der Waals surface area contributed by atoms with Crippen LogP contribution >= 0.6 is 0 Å². The molecule has 8 N–H and O–H groups in total. The van der Waals surface area contributed by atoms with E-state index in [1.165, 1.54) is 0 Å². The van der Waals surface area contributed by atoms with E-state index < -0.39 is 0 Å². The second-order valence-corrected chi connectivity index (χ2v) is 0.577. The van der Waals surface area contributed by atoms with Crippen molar-refractivity contribution in [3.8, 4) is 0 Å². The van der Waals surface area contributed by atoms with Crippen molar-refractivity contribution < 1.29 is 32.0 Å². The second kappa shape index (κ2) is 31.2. The van der Waals surface area contributed by atoms with Crippen LogP contribution in [0.15, 0.2) is 0 Å². The average Bonchev–Trinajstić information content (AvgIpc) is 1.37. The van der Waals surface area contributed by atoms with Crippen LogP contribution in [0.25, 0.3) is 0 Å². The van der Waals surface area contributed by atoms with Gasteiger partial charge in [0.25, 0.3) is 0 Å². The molecular formula is C2H12N2O2Pt. The first-order valence-corrected chi connectivity index (χ1v) is 1.32. The van der Waals surface area contributed by atoms with Gasteiger partial charge in [0.1, 0.15) is 0 Å². The average molecular weight is 291 g/mol. The van der Waals surface area contributed by atoms with Crippen molar-refractivity contribution in [3.63, 3.8) is 0 Å². The summed E-state index contributed by atoms with van der Waals surface area (Å²) in [6.07, 6.45) is 0. The third-order valence-corrected chi connectivity index (χ3v) is 0.167. The smallest absolute Gasteiger partial charge is 0.00461 e. The molecule has 4 nitrogen and oxygen atoms in total. The fourth-order valence-electron chi connectivity index (χ4n) is 0. The molecule has 0 aromatic carbocycles. The van der Waals surface area contributed by atoms with Crippen molar-refractivity contribution in [2.75, 3.05) is 13.1 Å². The summed E-state index contributed by atoms with van der Waals surface area (Å²) in [5, 5.41) is 0. The predicted octanol–water partition coefficient (Wildman–Crippen LogP) is -2.75. The first-order valence-electron chi connectivity index (χ1n) is 1.32. The normalized spacial score (nSPS) is 4.29. The van der Waals surface area contributed by atoms with Gasteiger partial charge in [0, 0.05) is 34.2 Å². The Balaban J connectivity index is -0.0000000150. The van der Waals surface area contributed by atoms with Crippen LogP contribution in [0.2, 0.25) is 0 Å². The van der Waals surface area contributed by atoms with Gasteiger partial charge < -0.3 is 22.4 Å². The van der Waals surface area contributed by atoms with Gasteiger partial charge in [0.15, 0.2) is 0 Å². The topological polar surface area (TPSA) is 115 Å². The molecule has 0 saturated heterocycles. The van der Waals surface area contributed by atoms with Crippen LogP contribution < -0.4 is 11.5 Å². The Hall–Kier alpha value is 0.528. The Labute approximate surface area is 57.1 Å². The molecule has 0 heterocycles. The summed E-state index contributed by atoms with van der Waals surface area (Å²) < 4.78 is 0. The van der Waals surface area contributed by atoms with Crippen LogP contribution in [0.4, 0.5) is 0 Å². The van der Waals surface area contributed by atoms with Crippen LogP contribution in [-0.2, 0) is 21.1 Å². The maximum atomic E-state index is 4.90. The van der Waals surface area contributed by atoms with Gasteiger partial charge in [-0.2, -0.15) is 0 Å². The summed E-state index contributed by atoms with van der Waals surface area (Å²) in [4.78, 5) is 0. The van der Waals surface area contributed by atoms with Gasteiger partial charge in [0.05, 0.1) is 0 Å². The van der Waals surface area contributed by atoms with E-state index in [0.717, 1.165) is 0 Å². The minimum atomic E-state index is 0. The molecule has 0 aromatic heterocycles. The van der Waals surface area contributed by atoms with E-state index in [-0.39, 0.29) is 32.0 Å². The van der Waals surface area contributed by atoms with Crippen LogP contribution in [0.3, 0.4) is 0 Å². The number of hydrogen-bond donors (Lipinski definition) is 2. The Morgan fingerprint density at radius 1 is 0.857 bits per heavy atom. The molecule has 0 saturated carbocycles. The Kier molecular flexibility index (Phi) is 115. The molecule has 0 bridgehead atoms. The quantitative estimate of drug-likeness (QED) is 0.545. The van der Waals surface area contributed by atoms with Crippen molar-refractivity contribution in [2.24, 2.45) is 11.5 Å². The Bertz CT molecular complexity index is 15.7. The van der Waals surface area contributed by atoms with Crippen molar-refractivity contribution in [3.05, 3.63) is 0 Å². The third-order valence-electron chi connectivity index (χ3n) is 0.167. The zero-order chi connectivity index (χ0) is 3.41. The molecule has 0 aliphatic heterocycles. The molecule has 0 amide bonds. The molecular weight excluding hydrogens is 279 g/mol. The van der Waals surface area contributed by atoms with Gasteiger partial charge in [0.2, 0.25) is 0 Å². The first-order chi connectivity index (χ1) is 1.91. The predicted molar refractivity (Wildman–Crippen MR) is 25.3 cm³/mol. The molecule has 0 aliphatic carbocycles. The monoisotopic (exact) mass is 291 g/mol. The number of hydrogen-bond acceptors (Lipinski definition) is 2. The molecule has 0 spiro atoms. The van der Waals surface area contributed by atoms with E-state index in [0.29, 0.717) is 13.1 Å². The number of nitrogens with two attached hydrogens (primary N) is 2. The van der Waals surface area contributed by atoms with Crippen molar-refractivity contribution in [1.29, 1.82) is 0 Å². The van der Waals surface area contributed by atoms with Gasteiger partial charge in [-0.3, -0.25) is 0 Å². The van der Waals surface area contributed by atoms with Gasteiger partial charge in [-0.05, 0) is 0 Å². The van der Waals surface area contributed by atoms with Crippen LogP contribution in [0, 0.1) is 0 Å². The summed E-state index contributed by atoms with van der Waals surface area (Å²) >= 11 is 0. The summed E-state index contributed by atoms with van der Waals surface area (Å²) in [5.41, 5.74) is 9.81.